The van der Waals surface area contributed by atoms with Gasteiger partial charge in [-0.15, -0.1) is 0 Å². The van der Waals surface area contributed by atoms with Crippen LogP contribution in [0.3, 0.4) is 0 Å². The number of likely N-dealkylation sites (tertiary alicyclic amines) is 1. The molecule has 0 spiro atoms. The molecule has 1 aliphatic heterocycles. The van der Waals surface area contributed by atoms with Gasteiger partial charge >= 0.3 is 0 Å². The monoisotopic (exact) mass is 317 g/mol. The Morgan fingerprint density at radius 1 is 1.43 bits per heavy atom. The van der Waals surface area contributed by atoms with Crippen LogP contribution in [0.2, 0.25) is 0 Å². The molecule has 1 aromatic heterocycles. The van der Waals surface area contributed by atoms with Gasteiger partial charge in [0.25, 0.3) is 5.91 Å². The van der Waals surface area contributed by atoms with Crippen molar-refractivity contribution in [2.45, 2.75) is 38.5 Å². The maximum atomic E-state index is 13.5. The number of aliphatic hydroxyl groups excluding tert-OH is 1. The Morgan fingerprint density at radius 3 is 2.87 bits per heavy atom. The highest BCUT2D eigenvalue weighted by Crippen LogP contribution is 2.33. The summed E-state index contributed by atoms with van der Waals surface area (Å²) in [5, 5.41) is 14.2. The summed E-state index contributed by atoms with van der Waals surface area (Å²) in [4.78, 5) is 14.4. The molecule has 23 heavy (non-hydrogen) atoms. The lowest BCUT2D eigenvalue weighted by molar-refractivity contribution is 0.0715. The van der Waals surface area contributed by atoms with Crippen LogP contribution in [0.25, 0.3) is 0 Å². The highest BCUT2D eigenvalue weighted by Gasteiger charge is 2.36. The zero-order valence-corrected chi connectivity index (χ0v) is 13.2. The third-order valence-electron chi connectivity index (χ3n) is 4.15. The van der Waals surface area contributed by atoms with E-state index in [1.165, 1.54) is 18.3 Å². The molecule has 1 amide bonds. The number of rotatable bonds is 3. The van der Waals surface area contributed by atoms with Crippen molar-refractivity contribution in [1.29, 1.82) is 0 Å². The number of benzene rings is 1. The molecule has 1 aliphatic rings. The number of halogens is 1. The fourth-order valence-corrected chi connectivity index (χ4v) is 2.96. The Labute approximate surface area is 134 Å². The predicted molar refractivity (Wildman–Crippen MR) is 83.4 cm³/mol. The topological polar surface area (TPSA) is 58.4 Å². The number of nitrogens with zero attached hydrogens (tertiary/aromatic N) is 3. The van der Waals surface area contributed by atoms with Crippen molar-refractivity contribution in [3.05, 3.63) is 53.6 Å². The van der Waals surface area contributed by atoms with Crippen LogP contribution in [0, 0.1) is 5.82 Å². The average molecular weight is 317 g/mol. The molecule has 3 rings (SSSR count). The Balaban J connectivity index is 1.88. The minimum Gasteiger partial charge on any atom is -0.391 e. The summed E-state index contributed by atoms with van der Waals surface area (Å²) in [5.41, 5.74) is 1.18. The minimum absolute atomic E-state index is 0.166. The van der Waals surface area contributed by atoms with Crippen LogP contribution in [0.4, 0.5) is 4.39 Å². The quantitative estimate of drug-likeness (QED) is 0.946. The lowest BCUT2D eigenvalue weighted by atomic mass is 10.0. The van der Waals surface area contributed by atoms with Crippen LogP contribution in [0.15, 0.2) is 36.7 Å². The van der Waals surface area contributed by atoms with E-state index >= 15 is 0 Å². The fraction of sp³-hybridized carbons (Fsp3) is 0.412. The molecular weight excluding hydrogens is 297 g/mol. The number of hydrogen-bond donors (Lipinski definition) is 1. The first-order chi connectivity index (χ1) is 11.0. The third kappa shape index (κ3) is 3.12. The number of carbonyl (C=O) groups is 1. The maximum Gasteiger partial charge on any atom is 0.257 e. The molecule has 122 valence electrons. The average Bonchev–Trinajstić information content (AvgIpc) is 3.13. The maximum absolute atomic E-state index is 13.5. The number of amides is 1. The molecule has 0 aliphatic carbocycles. The van der Waals surface area contributed by atoms with E-state index < -0.39 is 6.10 Å². The van der Waals surface area contributed by atoms with E-state index in [0.717, 1.165) is 0 Å². The normalized spacial score (nSPS) is 21.2. The number of β-amino-alcohol motifs (C(OH)–C–C–N with tert-alkyl or cyclic N) is 1. The summed E-state index contributed by atoms with van der Waals surface area (Å²) in [5.74, 6) is -0.536. The number of aromatic nitrogens is 2. The van der Waals surface area contributed by atoms with Crippen LogP contribution in [0.1, 0.15) is 48.3 Å². The van der Waals surface area contributed by atoms with Crippen LogP contribution < -0.4 is 0 Å². The van der Waals surface area contributed by atoms with E-state index in [4.69, 9.17) is 0 Å². The van der Waals surface area contributed by atoms with Crippen LogP contribution in [0.5, 0.6) is 0 Å². The standard InChI is InChI=1S/C17H20FN3O2/c1-11(2)21-9-13(8-19-21)17(23)20-10-15(22)7-16(20)12-4-3-5-14(18)6-12/h3-6,8-9,11,15-16,22H,7,10H2,1-2H3/t15-,16+/m1/s1. The third-order valence-corrected chi connectivity index (χ3v) is 4.15. The van der Waals surface area contributed by atoms with Gasteiger partial charge in [-0.25, -0.2) is 4.39 Å². The van der Waals surface area contributed by atoms with Crippen LogP contribution in [-0.2, 0) is 0 Å². The van der Waals surface area contributed by atoms with Gasteiger partial charge in [-0.1, -0.05) is 12.1 Å². The van der Waals surface area contributed by atoms with Crippen LogP contribution in [-0.4, -0.2) is 38.3 Å². The zero-order valence-electron chi connectivity index (χ0n) is 13.2. The van der Waals surface area contributed by atoms with Gasteiger partial charge in [0.1, 0.15) is 5.82 Å². The molecule has 0 unspecified atom stereocenters. The molecule has 0 saturated carbocycles. The molecule has 6 heteroatoms. The van der Waals surface area contributed by atoms with Gasteiger partial charge < -0.3 is 10.0 Å². The van der Waals surface area contributed by atoms with Gasteiger partial charge in [0.2, 0.25) is 0 Å². The first-order valence-corrected chi connectivity index (χ1v) is 7.74. The van der Waals surface area contributed by atoms with Gasteiger partial charge in [-0.05, 0) is 38.0 Å². The van der Waals surface area contributed by atoms with Gasteiger partial charge in [0.05, 0.1) is 23.9 Å². The summed E-state index contributed by atoms with van der Waals surface area (Å²) < 4.78 is 15.2. The number of hydrogen-bond acceptors (Lipinski definition) is 3. The Kier molecular flexibility index (Phi) is 4.17. The van der Waals surface area contributed by atoms with E-state index in [0.29, 0.717) is 17.5 Å². The largest absolute Gasteiger partial charge is 0.391 e. The summed E-state index contributed by atoms with van der Waals surface area (Å²) >= 11 is 0. The van der Waals surface area contributed by atoms with E-state index in [9.17, 15) is 14.3 Å². The Bertz CT molecular complexity index is 713. The van der Waals surface area contributed by atoms with E-state index in [-0.39, 0.29) is 30.4 Å². The second kappa shape index (κ2) is 6.12. The highest BCUT2D eigenvalue weighted by molar-refractivity contribution is 5.94. The molecule has 1 N–H and O–H groups in total. The predicted octanol–water partition coefficient (Wildman–Crippen LogP) is 2.55. The molecule has 1 saturated heterocycles. The van der Waals surface area contributed by atoms with Crippen molar-refractivity contribution in [3.63, 3.8) is 0 Å². The van der Waals surface area contributed by atoms with Crippen molar-refractivity contribution in [2.24, 2.45) is 0 Å². The van der Waals surface area contributed by atoms with Gasteiger partial charge in [0, 0.05) is 18.8 Å². The lowest BCUT2D eigenvalue weighted by Gasteiger charge is -2.24. The summed E-state index contributed by atoms with van der Waals surface area (Å²) in [6.45, 7) is 4.21. The van der Waals surface area contributed by atoms with E-state index in [1.54, 1.807) is 27.9 Å². The van der Waals surface area contributed by atoms with Crippen molar-refractivity contribution < 1.29 is 14.3 Å². The van der Waals surface area contributed by atoms with Crippen molar-refractivity contribution >= 4 is 5.91 Å². The molecular formula is C17H20FN3O2. The summed E-state index contributed by atoms with van der Waals surface area (Å²) in [6.07, 6.45) is 3.05. The second-order valence-electron chi connectivity index (χ2n) is 6.22. The van der Waals surface area contributed by atoms with Gasteiger partial charge in [-0.3, -0.25) is 9.48 Å². The summed E-state index contributed by atoms with van der Waals surface area (Å²) in [7, 11) is 0. The highest BCUT2D eigenvalue weighted by atomic mass is 19.1. The minimum atomic E-state index is -0.604. The molecule has 2 heterocycles. The van der Waals surface area contributed by atoms with Crippen molar-refractivity contribution in [3.8, 4) is 0 Å². The number of carbonyl (C=O) groups excluding carboxylic acids is 1. The van der Waals surface area contributed by atoms with Crippen molar-refractivity contribution in [1.82, 2.24) is 14.7 Å². The van der Waals surface area contributed by atoms with Gasteiger partial charge in [-0.2, -0.15) is 5.10 Å². The second-order valence-corrected chi connectivity index (χ2v) is 6.22. The molecule has 2 aromatic rings. The molecule has 0 bridgehead atoms. The van der Waals surface area contributed by atoms with E-state index in [2.05, 4.69) is 5.10 Å². The zero-order chi connectivity index (χ0) is 16.6. The lowest BCUT2D eigenvalue weighted by Crippen LogP contribution is -2.31. The fourth-order valence-electron chi connectivity index (χ4n) is 2.96. The Hall–Kier alpha value is -2.21. The molecule has 2 atom stereocenters. The van der Waals surface area contributed by atoms with Crippen molar-refractivity contribution in [2.75, 3.05) is 6.54 Å². The summed E-state index contributed by atoms with van der Waals surface area (Å²) in [6, 6.07) is 6.03. The molecule has 1 fully saturated rings. The first-order valence-electron chi connectivity index (χ1n) is 7.74. The van der Waals surface area contributed by atoms with E-state index in [1.807, 2.05) is 13.8 Å². The smallest absolute Gasteiger partial charge is 0.257 e. The molecule has 5 nitrogen and oxygen atoms in total. The molecule has 1 aromatic carbocycles. The SMILES string of the molecule is CC(C)n1cc(C(=O)N2C[C@H](O)C[C@H]2c2cccc(F)c2)cn1. The van der Waals surface area contributed by atoms with Gasteiger partial charge in [0.15, 0.2) is 0 Å². The van der Waals surface area contributed by atoms with Crippen LogP contribution >= 0.6 is 0 Å². The Morgan fingerprint density at radius 2 is 2.22 bits per heavy atom. The molecule has 0 radical (unpaired) electrons. The first kappa shape index (κ1) is 15.7. The number of aliphatic hydroxyl groups is 1.